The highest BCUT2D eigenvalue weighted by Gasteiger charge is 2.35. The highest BCUT2D eigenvalue weighted by molar-refractivity contribution is 6.97. The molecule has 0 N–H and O–H groups in total. The van der Waals surface area contributed by atoms with Crippen LogP contribution in [0.15, 0.2) is 97.1 Å². The van der Waals surface area contributed by atoms with Gasteiger partial charge in [0.15, 0.2) is 0 Å². The molecule has 0 aliphatic carbocycles. The van der Waals surface area contributed by atoms with Crippen LogP contribution in [0.4, 0.5) is 0 Å². The Hall–Kier alpha value is -4.37. The lowest BCUT2D eigenvalue weighted by molar-refractivity contribution is 0.493. The number of nitrogens with zero attached hydrogens (tertiary/aromatic N) is 1. The molecule has 200 valence electrons. The Morgan fingerprint density at radius 3 is 2.20 bits per heavy atom. The molecule has 7 rings (SSSR count). The van der Waals surface area contributed by atoms with Crippen LogP contribution in [-0.4, -0.2) is 11.7 Å². The first-order valence-corrected chi connectivity index (χ1v) is 14.5. The number of para-hydroxylation sites is 1. The Morgan fingerprint density at radius 2 is 1.41 bits per heavy atom. The highest BCUT2D eigenvalue weighted by Crippen LogP contribution is 2.36. The Morgan fingerprint density at radius 1 is 0.683 bits per heavy atom. The summed E-state index contributed by atoms with van der Waals surface area (Å²) < 4.78 is 6.67. The number of rotatable bonds is 2. The van der Waals surface area contributed by atoms with Gasteiger partial charge in [-0.2, -0.15) is 0 Å². The lowest BCUT2D eigenvalue weighted by Gasteiger charge is -2.29. The fourth-order valence-electron chi connectivity index (χ4n) is 6.82. The second-order valence-electron chi connectivity index (χ2n) is 12.6. The SMILES string of the molecule is Cc1cc(C)c(B2c3ccccc3Oc3c2ccc2nc(-c4cc(C(C)(C)C)c5ccccc5c4)ccc32)c(C)c1. The van der Waals surface area contributed by atoms with E-state index in [0.717, 1.165) is 33.7 Å². The van der Waals surface area contributed by atoms with E-state index in [4.69, 9.17) is 9.72 Å². The third-order valence-corrected chi connectivity index (χ3v) is 8.60. The summed E-state index contributed by atoms with van der Waals surface area (Å²) in [7, 11) is 0. The monoisotopic (exact) mass is 531 g/mol. The number of aryl methyl sites for hydroxylation is 3. The number of benzene rings is 5. The van der Waals surface area contributed by atoms with Crippen molar-refractivity contribution in [1.29, 1.82) is 0 Å². The zero-order valence-corrected chi connectivity index (χ0v) is 24.7. The molecule has 0 unspecified atom stereocenters. The van der Waals surface area contributed by atoms with E-state index in [-0.39, 0.29) is 12.1 Å². The molecule has 2 heterocycles. The quantitative estimate of drug-likeness (QED) is 0.212. The summed E-state index contributed by atoms with van der Waals surface area (Å²) in [6, 6.07) is 35.1. The molecule has 3 heteroatoms. The van der Waals surface area contributed by atoms with Crippen molar-refractivity contribution in [3.05, 3.63) is 119 Å². The average Bonchev–Trinajstić information content (AvgIpc) is 2.95. The maximum Gasteiger partial charge on any atom is 0.251 e. The molecule has 0 atom stereocenters. The molecule has 41 heavy (non-hydrogen) atoms. The predicted molar refractivity (Wildman–Crippen MR) is 175 cm³/mol. The van der Waals surface area contributed by atoms with Crippen LogP contribution in [-0.2, 0) is 5.41 Å². The smallest absolute Gasteiger partial charge is 0.251 e. The van der Waals surface area contributed by atoms with Gasteiger partial charge in [-0.3, -0.25) is 0 Å². The van der Waals surface area contributed by atoms with Crippen LogP contribution in [0, 0.1) is 20.8 Å². The van der Waals surface area contributed by atoms with Gasteiger partial charge in [0.2, 0.25) is 0 Å². The van der Waals surface area contributed by atoms with Crippen molar-refractivity contribution in [2.75, 3.05) is 0 Å². The van der Waals surface area contributed by atoms with Crippen LogP contribution in [0.2, 0.25) is 0 Å². The minimum absolute atomic E-state index is 0.0218. The van der Waals surface area contributed by atoms with Gasteiger partial charge in [-0.15, -0.1) is 0 Å². The molecule has 0 amide bonds. The molecule has 5 aromatic carbocycles. The van der Waals surface area contributed by atoms with E-state index in [1.807, 2.05) is 0 Å². The molecule has 2 nitrogen and oxygen atoms in total. The molecule has 0 radical (unpaired) electrons. The topological polar surface area (TPSA) is 22.1 Å². The van der Waals surface area contributed by atoms with E-state index in [9.17, 15) is 0 Å². The van der Waals surface area contributed by atoms with Crippen molar-refractivity contribution in [2.24, 2.45) is 0 Å². The van der Waals surface area contributed by atoms with Gasteiger partial charge in [0.1, 0.15) is 11.5 Å². The Balaban J connectivity index is 1.42. The van der Waals surface area contributed by atoms with E-state index in [0.29, 0.717) is 0 Å². The zero-order chi connectivity index (χ0) is 28.5. The molecule has 0 saturated carbocycles. The number of hydrogen-bond donors (Lipinski definition) is 0. The first kappa shape index (κ1) is 25.6. The highest BCUT2D eigenvalue weighted by atomic mass is 16.5. The fraction of sp³-hybridized carbons (Fsp3) is 0.184. The van der Waals surface area contributed by atoms with Gasteiger partial charge in [0, 0.05) is 10.9 Å². The van der Waals surface area contributed by atoms with Crippen molar-refractivity contribution in [1.82, 2.24) is 4.98 Å². The maximum absolute atomic E-state index is 6.67. The van der Waals surface area contributed by atoms with Gasteiger partial charge >= 0.3 is 0 Å². The van der Waals surface area contributed by atoms with Crippen molar-refractivity contribution in [3.8, 4) is 22.8 Å². The number of pyridine rings is 1. The van der Waals surface area contributed by atoms with Gasteiger partial charge in [0.05, 0.1) is 11.2 Å². The van der Waals surface area contributed by atoms with Gasteiger partial charge in [-0.05, 0) is 89.8 Å². The standard InChI is InChI=1S/C38H34BNO/c1-23-19-24(2)36(25(3)20-23)39-31-13-9-10-14-35(31)41-37-29-15-17-33(40-34(29)18-16-32(37)39)27-21-26-11-7-8-12-28(26)30(22-27)38(4,5)6/h7-22H,1-6H3. The molecule has 1 aliphatic heterocycles. The second-order valence-corrected chi connectivity index (χ2v) is 12.6. The maximum atomic E-state index is 6.67. The zero-order valence-electron chi connectivity index (χ0n) is 24.7. The van der Waals surface area contributed by atoms with Crippen LogP contribution in [0.3, 0.4) is 0 Å². The lowest BCUT2D eigenvalue weighted by atomic mass is 9.34. The van der Waals surface area contributed by atoms with Crippen LogP contribution >= 0.6 is 0 Å². The third-order valence-electron chi connectivity index (χ3n) is 8.60. The molecular weight excluding hydrogens is 497 g/mol. The number of hydrogen-bond acceptors (Lipinski definition) is 2. The molecule has 0 spiro atoms. The minimum Gasteiger partial charge on any atom is -0.458 e. The summed E-state index contributed by atoms with van der Waals surface area (Å²) in [5.41, 5.74) is 12.1. The molecule has 0 bridgehead atoms. The molecule has 0 saturated heterocycles. The van der Waals surface area contributed by atoms with E-state index >= 15 is 0 Å². The van der Waals surface area contributed by atoms with Crippen LogP contribution in [0.25, 0.3) is 32.9 Å². The van der Waals surface area contributed by atoms with E-state index in [2.05, 4.69) is 139 Å². The largest absolute Gasteiger partial charge is 0.458 e. The third kappa shape index (κ3) is 4.23. The van der Waals surface area contributed by atoms with Gasteiger partial charge in [0.25, 0.3) is 6.71 Å². The lowest BCUT2D eigenvalue weighted by Crippen LogP contribution is -2.56. The van der Waals surface area contributed by atoms with Crippen molar-refractivity contribution < 1.29 is 4.74 Å². The van der Waals surface area contributed by atoms with Crippen molar-refractivity contribution in [3.63, 3.8) is 0 Å². The van der Waals surface area contributed by atoms with Crippen molar-refractivity contribution in [2.45, 2.75) is 47.0 Å². The Labute approximate surface area is 243 Å². The van der Waals surface area contributed by atoms with Gasteiger partial charge in [-0.25, -0.2) is 4.98 Å². The van der Waals surface area contributed by atoms with Crippen LogP contribution in [0.1, 0.15) is 43.0 Å². The molecule has 0 fully saturated rings. The fourth-order valence-corrected chi connectivity index (χ4v) is 6.82. The van der Waals surface area contributed by atoms with Gasteiger partial charge < -0.3 is 4.74 Å². The molecule has 1 aliphatic rings. The van der Waals surface area contributed by atoms with Crippen molar-refractivity contribution >= 4 is 44.8 Å². The summed E-state index contributed by atoms with van der Waals surface area (Å²) in [5.74, 6) is 1.84. The first-order chi connectivity index (χ1) is 19.7. The number of aromatic nitrogens is 1. The van der Waals surface area contributed by atoms with E-state index in [1.165, 1.54) is 49.4 Å². The number of ether oxygens (including phenoxy) is 1. The summed E-state index contributed by atoms with van der Waals surface area (Å²) >= 11 is 0. The molecule has 1 aromatic heterocycles. The summed E-state index contributed by atoms with van der Waals surface area (Å²) in [4.78, 5) is 5.20. The Bertz CT molecular complexity index is 1980. The van der Waals surface area contributed by atoms with Crippen LogP contribution in [0.5, 0.6) is 11.5 Å². The molecular formula is C38H34BNO. The van der Waals surface area contributed by atoms with E-state index < -0.39 is 0 Å². The summed E-state index contributed by atoms with van der Waals surface area (Å²) in [5, 5.41) is 3.59. The van der Waals surface area contributed by atoms with Gasteiger partial charge in [-0.1, -0.05) is 104 Å². The number of fused-ring (bicyclic) bond motifs is 5. The summed E-state index contributed by atoms with van der Waals surface area (Å²) in [6.07, 6.45) is 0. The first-order valence-electron chi connectivity index (χ1n) is 14.5. The second kappa shape index (κ2) is 9.34. The minimum atomic E-state index is 0.0218. The molecule has 6 aromatic rings. The average molecular weight is 532 g/mol. The van der Waals surface area contributed by atoms with Crippen LogP contribution < -0.4 is 21.1 Å². The normalized spacial score (nSPS) is 12.8. The van der Waals surface area contributed by atoms with E-state index in [1.54, 1.807) is 0 Å². The Kier molecular flexibility index (Phi) is 5.83. The summed E-state index contributed by atoms with van der Waals surface area (Å²) in [6.45, 7) is 13.6. The predicted octanol–water partition coefficient (Wildman–Crippen LogP) is 7.90.